The number of halogens is 1. The number of aliphatic hydroxyl groups excluding tert-OH is 1. The van der Waals surface area contributed by atoms with E-state index < -0.39 is 23.3 Å². The van der Waals surface area contributed by atoms with Gasteiger partial charge in [0.05, 0.1) is 6.10 Å². The maximum absolute atomic E-state index is 13.1. The van der Waals surface area contributed by atoms with Crippen LogP contribution in [0.15, 0.2) is 18.2 Å². The Kier molecular flexibility index (Phi) is 5.43. The van der Waals surface area contributed by atoms with Crippen LogP contribution in [-0.4, -0.2) is 29.6 Å². The molecule has 3 N–H and O–H groups in total. The molecule has 21 heavy (non-hydrogen) atoms. The Hall–Kier alpha value is -1.95. The molecule has 0 aliphatic carbocycles. The number of aryl methyl sites for hydroxylation is 1. The molecule has 0 heterocycles. The third kappa shape index (κ3) is 5.15. The van der Waals surface area contributed by atoms with Crippen molar-refractivity contribution in [2.45, 2.75) is 33.8 Å². The Bertz CT molecular complexity index is 538. The van der Waals surface area contributed by atoms with E-state index in [1.807, 2.05) is 20.8 Å². The van der Waals surface area contributed by atoms with Gasteiger partial charge in [-0.05, 0) is 36.1 Å². The number of aliphatic hydroxyl groups is 1. The zero-order chi connectivity index (χ0) is 16.2. The van der Waals surface area contributed by atoms with Crippen molar-refractivity contribution in [3.05, 3.63) is 29.6 Å². The Morgan fingerprint density at radius 2 is 1.90 bits per heavy atom. The van der Waals surface area contributed by atoms with E-state index >= 15 is 0 Å². The predicted octanol–water partition coefficient (Wildman–Crippen LogP) is 1.60. The lowest BCUT2D eigenvalue weighted by molar-refractivity contribution is -0.136. The third-order valence-electron chi connectivity index (χ3n) is 3.08. The summed E-state index contributed by atoms with van der Waals surface area (Å²) >= 11 is 0. The van der Waals surface area contributed by atoms with E-state index in [0.717, 1.165) is 0 Å². The Labute approximate surface area is 123 Å². The number of amides is 2. The first-order chi connectivity index (χ1) is 9.61. The number of hydrogen-bond donors (Lipinski definition) is 3. The Balaban J connectivity index is 2.55. The molecular weight excluding hydrogens is 275 g/mol. The maximum atomic E-state index is 13.1. The van der Waals surface area contributed by atoms with Gasteiger partial charge in [0.1, 0.15) is 5.82 Å². The summed E-state index contributed by atoms with van der Waals surface area (Å²) in [5.41, 5.74) is 0.319. The predicted molar refractivity (Wildman–Crippen MR) is 78.2 cm³/mol. The monoisotopic (exact) mass is 296 g/mol. The summed E-state index contributed by atoms with van der Waals surface area (Å²) in [7, 11) is 0. The first-order valence-electron chi connectivity index (χ1n) is 6.64. The van der Waals surface area contributed by atoms with E-state index in [1.54, 1.807) is 6.92 Å². The number of nitrogens with one attached hydrogen (secondary N) is 2. The molecule has 0 fully saturated rings. The molecule has 1 atom stereocenters. The normalized spacial score (nSPS) is 12.7. The molecule has 6 heteroatoms. The molecule has 0 saturated heterocycles. The fourth-order valence-corrected chi connectivity index (χ4v) is 1.49. The zero-order valence-corrected chi connectivity index (χ0v) is 12.7. The highest BCUT2D eigenvalue weighted by Crippen LogP contribution is 2.18. The van der Waals surface area contributed by atoms with Crippen LogP contribution in [0, 0.1) is 18.2 Å². The van der Waals surface area contributed by atoms with E-state index in [-0.39, 0.29) is 12.4 Å². The SMILES string of the molecule is Cc1cc(NC(=O)C(=O)NCC(O)C(C)(C)C)ccc1F. The van der Waals surface area contributed by atoms with Crippen LogP contribution in [0.4, 0.5) is 10.1 Å². The van der Waals surface area contributed by atoms with Crippen LogP contribution in [0.3, 0.4) is 0 Å². The largest absolute Gasteiger partial charge is 0.391 e. The van der Waals surface area contributed by atoms with Crippen LogP contribution in [0.1, 0.15) is 26.3 Å². The molecular formula is C15H21FN2O3. The van der Waals surface area contributed by atoms with Crippen LogP contribution in [-0.2, 0) is 9.59 Å². The van der Waals surface area contributed by atoms with E-state index in [9.17, 15) is 19.1 Å². The average Bonchev–Trinajstić information content (AvgIpc) is 2.38. The molecule has 5 nitrogen and oxygen atoms in total. The van der Waals surface area contributed by atoms with Gasteiger partial charge in [0.25, 0.3) is 0 Å². The van der Waals surface area contributed by atoms with Crippen LogP contribution < -0.4 is 10.6 Å². The van der Waals surface area contributed by atoms with E-state index in [1.165, 1.54) is 18.2 Å². The lowest BCUT2D eigenvalue weighted by Crippen LogP contribution is -2.43. The summed E-state index contributed by atoms with van der Waals surface area (Å²) in [5.74, 6) is -2.09. The van der Waals surface area contributed by atoms with Gasteiger partial charge in [0.2, 0.25) is 0 Å². The fraction of sp³-hybridized carbons (Fsp3) is 0.467. The van der Waals surface area contributed by atoms with Crippen molar-refractivity contribution in [1.82, 2.24) is 5.32 Å². The molecule has 1 aromatic carbocycles. The quantitative estimate of drug-likeness (QED) is 0.741. The van der Waals surface area contributed by atoms with Crippen molar-refractivity contribution in [2.75, 3.05) is 11.9 Å². The molecule has 0 saturated carbocycles. The molecule has 0 radical (unpaired) electrons. The number of carbonyl (C=O) groups is 2. The smallest absolute Gasteiger partial charge is 0.313 e. The number of carbonyl (C=O) groups excluding carboxylic acids is 2. The topological polar surface area (TPSA) is 78.4 Å². The summed E-state index contributed by atoms with van der Waals surface area (Å²) in [6.45, 7) is 7.02. The van der Waals surface area contributed by atoms with Gasteiger partial charge in [-0.2, -0.15) is 0 Å². The summed E-state index contributed by atoms with van der Waals surface area (Å²) in [5, 5.41) is 14.5. The highest BCUT2D eigenvalue weighted by atomic mass is 19.1. The van der Waals surface area contributed by atoms with E-state index in [4.69, 9.17) is 0 Å². The lowest BCUT2D eigenvalue weighted by Gasteiger charge is -2.25. The number of benzene rings is 1. The number of rotatable bonds is 3. The minimum absolute atomic E-state index is 0.0157. The highest BCUT2D eigenvalue weighted by molar-refractivity contribution is 6.39. The molecule has 0 bridgehead atoms. The molecule has 2 amide bonds. The molecule has 0 spiro atoms. The van der Waals surface area contributed by atoms with E-state index in [0.29, 0.717) is 11.3 Å². The molecule has 1 aromatic rings. The van der Waals surface area contributed by atoms with Crippen molar-refractivity contribution in [3.8, 4) is 0 Å². The first-order valence-corrected chi connectivity index (χ1v) is 6.64. The van der Waals surface area contributed by atoms with Gasteiger partial charge < -0.3 is 15.7 Å². The van der Waals surface area contributed by atoms with Crippen molar-refractivity contribution >= 4 is 17.5 Å². The number of hydrogen-bond acceptors (Lipinski definition) is 3. The van der Waals surface area contributed by atoms with Crippen molar-refractivity contribution in [3.63, 3.8) is 0 Å². The summed E-state index contributed by atoms with van der Waals surface area (Å²) < 4.78 is 13.1. The maximum Gasteiger partial charge on any atom is 0.313 e. The minimum Gasteiger partial charge on any atom is -0.391 e. The van der Waals surface area contributed by atoms with Gasteiger partial charge in [-0.15, -0.1) is 0 Å². The van der Waals surface area contributed by atoms with Gasteiger partial charge in [-0.3, -0.25) is 9.59 Å². The minimum atomic E-state index is -0.859. The van der Waals surface area contributed by atoms with Gasteiger partial charge in [0, 0.05) is 12.2 Å². The van der Waals surface area contributed by atoms with Crippen LogP contribution in [0.5, 0.6) is 0 Å². The summed E-state index contributed by atoms with van der Waals surface area (Å²) in [6, 6.07) is 4.02. The molecule has 0 aliphatic heterocycles. The second-order valence-electron chi connectivity index (χ2n) is 6.01. The lowest BCUT2D eigenvalue weighted by atomic mass is 9.89. The second-order valence-corrected chi connectivity index (χ2v) is 6.01. The Morgan fingerprint density at radius 1 is 1.29 bits per heavy atom. The average molecular weight is 296 g/mol. The third-order valence-corrected chi connectivity index (χ3v) is 3.08. The van der Waals surface area contributed by atoms with Crippen LogP contribution in [0.25, 0.3) is 0 Å². The molecule has 0 aliphatic rings. The molecule has 116 valence electrons. The second kappa shape index (κ2) is 6.67. The molecule has 0 aromatic heterocycles. The van der Waals surface area contributed by atoms with Crippen molar-refractivity contribution in [2.24, 2.45) is 5.41 Å². The summed E-state index contributed by atoms with van der Waals surface area (Å²) in [4.78, 5) is 23.3. The van der Waals surface area contributed by atoms with Gasteiger partial charge in [0.15, 0.2) is 0 Å². The van der Waals surface area contributed by atoms with Gasteiger partial charge in [-0.25, -0.2) is 4.39 Å². The van der Waals surface area contributed by atoms with Crippen molar-refractivity contribution < 1.29 is 19.1 Å². The van der Waals surface area contributed by atoms with Crippen molar-refractivity contribution in [1.29, 1.82) is 0 Å². The van der Waals surface area contributed by atoms with Crippen LogP contribution in [0.2, 0.25) is 0 Å². The van der Waals surface area contributed by atoms with E-state index in [2.05, 4.69) is 10.6 Å². The fourth-order valence-electron chi connectivity index (χ4n) is 1.49. The molecule has 1 rings (SSSR count). The Morgan fingerprint density at radius 3 is 2.43 bits per heavy atom. The molecule has 1 unspecified atom stereocenters. The van der Waals surface area contributed by atoms with Gasteiger partial charge in [-0.1, -0.05) is 20.8 Å². The van der Waals surface area contributed by atoms with Crippen LogP contribution >= 0.6 is 0 Å². The summed E-state index contributed by atoms with van der Waals surface area (Å²) in [6.07, 6.45) is -0.762. The van der Waals surface area contributed by atoms with Gasteiger partial charge >= 0.3 is 11.8 Å². The standard InChI is InChI=1S/C15H21FN2O3/c1-9-7-10(5-6-11(9)16)18-14(21)13(20)17-8-12(19)15(2,3)4/h5-7,12,19H,8H2,1-4H3,(H,17,20)(H,18,21). The first kappa shape index (κ1) is 17.1. The number of anilines is 1. The zero-order valence-electron chi connectivity index (χ0n) is 12.7. The highest BCUT2D eigenvalue weighted by Gasteiger charge is 2.23.